The summed E-state index contributed by atoms with van der Waals surface area (Å²) in [5.74, 6) is 0.480. The lowest BCUT2D eigenvalue weighted by molar-refractivity contribution is -0.121. The van der Waals surface area contributed by atoms with Gasteiger partial charge in [-0.05, 0) is 48.6 Å². The molecule has 0 saturated carbocycles. The maximum atomic E-state index is 12.9. The van der Waals surface area contributed by atoms with Crippen molar-refractivity contribution in [1.82, 2.24) is 9.80 Å². The predicted molar refractivity (Wildman–Crippen MR) is 121 cm³/mol. The number of nitrogens with one attached hydrogen (secondary N) is 1. The quantitative estimate of drug-likeness (QED) is 0.751. The number of nitriles is 1. The van der Waals surface area contributed by atoms with E-state index in [1.165, 1.54) is 11.1 Å². The van der Waals surface area contributed by atoms with Gasteiger partial charge in [-0.3, -0.25) is 14.6 Å². The van der Waals surface area contributed by atoms with Gasteiger partial charge >= 0.3 is 0 Å². The Hall–Kier alpha value is -2.68. The maximum absolute atomic E-state index is 12.9. The van der Waals surface area contributed by atoms with E-state index in [1.807, 2.05) is 49.4 Å². The van der Waals surface area contributed by atoms with Crippen molar-refractivity contribution < 1.29 is 4.79 Å². The van der Waals surface area contributed by atoms with Crippen molar-refractivity contribution in [3.63, 3.8) is 0 Å². The summed E-state index contributed by atoms with van der Waals surface area (Å²) in [4.78, 5) is 17.6. The number of anilines is 1. The summed E-state index contributed by atoms with van der Waals surface area (Å²) in [5.41, 5.74) is 4.05. The van der Waals surface area contributed by atoms with Gasteiger partial charge in [0.05, 0.1) is 17.7 Å². The topological polar surface area (TPSA) is 59.4 Å². The van der Waals surface area contributed by atoms with E-state index in [9.17, 15) is 4.79 Å². The van der Waals surface area contributed by atoms with Gasteiger partial charge in [0.25, 0.3) is 0 Å². The monoisotopic (exact) mass is 404 g/mol. The molecular formula is C25H32N4O. The Balaban J connectivity index is 1.53. The fourth-order valence-electron chi connectivity index (χ4n) is 3.92. The molecule has 5 heteroatoms. The molecule has 0 aromatic heterocycles. The van der Waals surface area contributed by atoms with Crippen LogP contribution < -0.4 is 5.32 Å². The zero-order chi connectivity index (χ0) is 21.5. The number of benzene rings is 2. The number of piperazine rings is 1. The zero-order valence-corrected chi connectivity index (χ0v) is 18.3. The lowest BCUT2D eigenvalue weighted by Gasteiger charge is -2.37. The summed E-state index contributed by atoms with van der Waals surface area (Å²) in [6.07, 6.45) is 1.05. The minimum Gasteiger partial charge on any atom is -0.324 e. The van der Waals surface area contributed by atoms with Crippen molar-refractivity contribution in [2.75, 3.05) is 31.5 Å². The van der Waals surface area contributed by atoms with Crippen LogP contribution >= 0.6 is 0 Å². The van der Waals surface area contributed by atoms with Crippen molar-refractivity contribution in [3.8, 4) is 6.07 Å². The molecule has 5 nitrogen and oxygen atoms in total. The van der Waals surface area contributed by atoms with Crippen LogP contribution in [-0.2, 0) is 11.3 Å². The highest BCUT2D eigenvalue weighted by atomic mass is 16.2. The molecule has 0 aliphatic carbocycles. The summed E-state index contributed by atoms with van der Waals surface area (Å²) >= 11 is 0. The average molecular weight is 405 g/mol. The van der Waals surface area contributed by atoms with Gasteiger partial charge in [-0.2, -0.15) is 5.26 Å². The van der Waals surface area contributed by atoms with E-state index < -0.39 is 0 Å². The normalized spacial score (nSPS) is 17.1. The van der Waals surface area contributed by atoms with Crippen LogP contribution in [0.3, 0.4) is 0 Å². The minimum absolute atomic E-state index is 0.0614. The van der Waals surface area contributed by atoms with Crippen molar-refractivity contribution in [2.45, 2.75) is 45.7 Å². The van der Waals surface area contributed by atoms with E-state index in [1.54, 1.807) is 0 Å². The van der Waals surface area contributed by atoms with Gasteiger partial charge in [-0.15, -0.1) is 0 Å². The molecule has 3 rings (SSSR count). The zero-order valence-electron chi connectivity index (χ0n) is 18.3. The fourth-order valence-corrected chi connectivity index (χ4v) is 3.92. The highest BCUT2D eigenvalue weighted by molar-refractivity contribution is 5.95. The number of carbonyl (C=O) groups is 1. The highest BCUT2D eigenvalue weighted by Gasteiger charge is 2.26. The van der Waals surface area contributed by atoms with E-state index in [4.69, 9.17) is 5.26 Å². The standard InChI is InChI=1S/C25H32N4O/c1-4-19(2)23-7-5-6-8-24(23)27-25(30)20(3)29-15-13-28(14-16-29)18-22-11-9-21(17-26)10-12-22/h5-12,19-20H,4,13-16,18H2,1-3H3,(H,27,30)/t19-,20+/m1/s1. The van der Waals surface area contributed by atoms with Crippen LogP contribution in [0.4, 0.5) is 5.69 Å². The Morgan fingerprint density at radius 3 is 2.37 bits per heavy atom. The smallest absolute Gasteiger partial charge is 0.241 e. The third-order valence-electron chi connectivity index (χ3n) is 6.19. The lowest BCUT2D eigenvalue weighted by atomic mass is 9.97. The van der Waals surface area contributed by atoms with Gasteiger partial charge in [0.15, 0.2) is 0 Å². The number of para-hydroxylation sites is 1. The SMILES string of the molecule is CC[C@@H](C)c1ccccc1NC(=O)[C@H](C)N1CCN(Cc2ccc(C#N)cc2)CC1. The number of carbonyl (C=O) groups excluding carboxylic acids is 1. The largest absolute Gasteiger partial charge is 0.324 e. The Bertz CT molecular complexity index is 879. The van der Waals surface area contributed by atoms with E-state index in [-0.39, 0.29) is 11.9 Å². The van der Waals surface area contributed by atoms with Crippen LogP contribution in [0.1, 0.15) is 49.8 Å². The van der Waals surface area contributed by atoms with Gasteiger partial charge in [-0.1, -0.05) is 44.2 Å². The Kier molecular flexibility index (Phi) is 7.62. The summed E-state index contributed by atoms with van der Waals surface area (Å²) in [6, 6.07) is 17.9. The third kappa shape index (κ3) is 5.47. The number of hydrogen-bond acceptors (Lipinski definition) is 4. The van der Waals surface area contributed by atoms with Crippen molar-refractivity contribution in [3.05, 3.63) is 65.2 Å². The third-order valence-corrected chi connectivity index (χ3v) is 6.19. The second-order valence-corrected chi connectivity index (χ2v) is 8.18. The van der Waals surface area contributed by atoms with Crippen LogP contribution in [0, 0.1) is 11.3 Å². The minimum atomic E-state index is -0.160. The molecule has 30 heavy (non-hydrogen) atoms. The van der Waals surface area contributed by atoms with Crippen LogP contribution in [0.5, 0.6) is 0 Å². The van der Waals surface area contributed by atoms with Crippen LogP contribution in [0.2, 0.25) is 0 Å². The molecule has 1 heterocycles. The van der Waals surface area contributed by atoms with Gasteiger partial charge in [0, 0.05) is 38.4 Å². The molecule has 0 unspecified atom stereocenters. The number of hydrogen-bond donors (Lipinski definition) is 1. The Morgan fingerprint density at radius 1 is 1.07 bits per heavy atom. The summed E-state index contributed by atoms with van der Waals surface area (Å²) < 4.78 is 0. The van der Waals surface area contributed by atoms with Crippen LogP contribution in [0.25, 0.3) is 0 Å². The predicted octanol–water partition coefficient (Wildman–Crippen LogP) is 4.22. The molecule has 158 valence electrons. The molecule has 1 amide bonds. The number of amides is 1. The molecule has 2 atom stereocenters. The first-order valence-corrected chi connectivity index (χ1v) is 10.9. The Morgan fingerprint density at radius 2 is 1.73 bits per heavy atom. The molecule has 0 bridgehead atoms. The number of nitrogens with zero attached hydrogens (tertiary/aromatic N) is 3. The van der Waals surface area contributed by atoms with E-state index in [2.05, 4.69) is 41.1 Å². The van der Waals surface area contributed by atoms with Crippen LogP contribution in [-0.4, -0.2) is 47.9 Å². The number of rotatable bonds is 7. The van der Waals surface area contributed by atoms with Crippen molar-refractivity contribution >= 4 is 11.6 Å². The fraction of sp³-hybridized carbons (Fsp3) is 0.440. The highest BCUT2D eigenvalue weighted by Crippen LogP contribution is 2.26. The summed E-state index contributed by atoms with van der Waals surface area (Å²) in [5, 5.41) is 12.1. The van der Waals surface area contributed by atoms with E-state index >= 15 is 0 Å². The molecule has 1 saturated heterocycles. The first-order chi connectivity index (χ1) is 14.5. The molecule has 1 aliphatic heterocycles. The van der Waals surface area contributed by atoms with Crippen molar-refractivity contribution in [1.29, 1.82) is 5.26 Å². The van der Waals surface area contributed by atoms with Crippen molar-refractivity contribution in [2.24, 2.45) is 0 Å². The molecule has 0 radical (unpaired) electrons. The first kappa shape index (κ1) is 22.0. The lowest BCUT2D eigenvalue weighted by Crippen LogP contribution is -2.52. The first-order valence-electron chi connectivity index (χ1n) is 10.9. The van der Waals surface area contributed by atoms with Crippen LogP contribution in [0.15, 0.2) is 48.5 Å². The summed E-state index contributed by atoms with van der Waals surface area (Å²) in [6.45, 7) is 10.8. The van der Waals surface area contributed by atoms with Gasteiger partial charge in [0.1, 0.15) is 0 Å². The van der Waals surface area contributed by atoms with Gasteiger partial charge < -0.3 is 5.32 Å². The molecule has 0 spiro atoms. The second-order valence-electron chi connectivity index (χ2n) is 8.18. The Labute approximate surface area is 180 Å². The van der Waals surface area contributed by atoms with Gasteiger partial charge in [-0.25, -0.2) is 0 Å². The average Bonchev–Trinajstić information content (AvgIpc) is 2.79. The molecule has 1 fully saturated rings. The molecular weight excluding hydrogens is 372 g/mol. The molecule has 1 aliphatic rings. The molecule has 1 N–H and O–H groups in total. The molecule has 2 aromatic rings. The van der Waals surface area contributed by atoms with Gasteiger partial charge in [0.2, 0.25) is 5.91 Å². The summed E-state index contributed by atoms with van der Waals surface area (Å²) in [7, 11) is 0. The second kappa shape index (κ2) is 10.4. The maximum Gasteiger partial charge on any atom is 0.241 e. The van der Waals surface area contributed by atoms with E-state index in [0.29, 0.717) is 11.5 Å². The van der Waals surface area contributed by atoms with E-state index in [0.717, 1.165) is 44.8 Å². The molecule has 2 aromatic carbocycles.